The Kier molecular flexibility index (Phi) is 5.44. The lowest BCUT2D eigenvalue weighted by molar-refractivity contribution is -0.197. The summed E-state index contributed by atoms with van der Waals surface area (Å²) in [7, 11) is -1.37. The molecule has 0 aliphatic carbocycles. The first-order valence-corrected chi connectivity index (χ1v) is 11.3. The fourth-order valence-corrected chi connectivity index (χ4v) is 6.30. The molecule has 0 aromatic carbocycles. The first-order chi connectivity index (χ1) is 12.1. The van der Waals surface area contributed by atoms with Gasteiger partial charge in [-0.05, 0) is 10.8 Å². The minimum Gasteiger partial charge on any atom is -0.390 e. The van der Waals surface area contributed by atoms with E-state index in [-0.39, 0.29) is 0 Å². The number of nitrogens with one attached hydrogen (secondary N) is 1. The number of nitrogens with zero attached hydrogens (tertiary/aromatic N) is 1. The van der Waals surface area contributed by atoms with Gasteiger partial charge in [-0.15, -0.1) is 0 Å². The van der Waals surface area contributed by atoms with E-state index >= 15 is 0 Å². The van der Waals surface area contributed by atoms with Crippen LogP contribution in [0.25, 0.3) is 0 Å². The van der Waals surface area contributed by atoms with Crippen LogP contribution in [0.1, 0.15) is 41.5 Å². The summed E-state index contributed by atoms with van der Waals surface area (Å²) in [6.45, 7) is 12.5. The lowest BCUT2D eigenvalue weighted by atomic mass is 9.70. The smallest absolute Gasteiger partial charge is 0.330 e. The van der Waals surface area contributed by atoms with E-state index in [9.17, 15) is 24.9 Å². The molecule has 5 atom stereocenters. The summed E-state index contributed by atoms with van der Waals surface area (Å²) in [5.41, 5.74) is -4.66. The second-order valence-electron chi connectivity index (χ2n) is 9.47. The Balaban J connectivity index is 2.80. The van der Waals surface area contributed by atoms with Crippen molar-refractivity contribution in [2.75, 3.05) is 0 Å². The highest BCUT2D eigenvalue weighted by Crippen LogP contribution is 2.53. The third-order valence-electron chi connectivity index (χ3n) is 5.70. The van der Waals surface area contributed by atoms with Gasteiger partial charge < -0.3 is 20.1 Å². The maximum absolute atomic E-state index is 12.6. The van der Waals surface area contributed by atoms with Gasteiger partial charge in [-0.3, -0.25) is 14.3 Å². The van der Waals surface area contributed by atoms with E-state index in [1.807, 2.05) is 6.55 Å². The molecule has 154 valence electrons. The molecule has 2 rings (SSSR count). The Bertz CT molecular complexity index is 808. The zero-order valence-electron chi connectivity index (χ0n) is 17.1. The summed E-state index contributed by atoms with van der Waals surface area (Å²) < 4.78 is 7.37. The van der Waals surface area contributed by atoms with Crippen molar-refractivity contribution in [1.29, 1.82) is 0 Å². The molecule has 0 amide bonds. The molecule has 1 aromatic heterocycles. The van der Waals surface area contributed by atoms with Gasteiger partial charge in [0.1, 0.15) is 17.8 Å². The van der Waals surface area contributed by atoms with Crippen LogP contribution < -0.4 is 11.2 Å². The quantitative estimate of drug-likeness (QED) is 0.498. The van der Waals surface area contributed by atoms with Crippen molar-refractivity contribution in [3.8, 4) is 0 Å². The number of hydrogen-bond donors (Lipinski definition) is 4. The van der Waals surface area contributed by atoms with E-state index in [1.165, 1.54) is 16.8 Å². The van der Waals surface area contributed by atoms with Crippen LogP contribution in [0.5, 0.6) is 0 Å². The normalized spacial score (nSPS) is 33.7. The number of hydrogen-bond acceptors (Lipinski definition) is 6. The Morgan fingerprint density at radius 1 is 1.26 bits per heavy atom. The van der Waals surface area contributed by atoms with E-state index in [1.54, 1.807) is 41.5 Å². The molecule has 1 aliphatic heterocycles. The molecular weight excluding hydrogens is 368 g/mol. The monoisotopic (exact) mass is 400 g/mol. The molecule has 0 radical (unpaired) electrons. The fraction of sp³-hybridized carbons (Fsp3) is 0.778. The molecule has 27 heavy (non-hydrogen) atoms. The van der Waals surface area contributed by atoms with Crippen molar-refractivity contribution >= 4 is 9.52 Å². The molecule has 2 heterocycles. The van der Waals surface area contributed by atoms with E-state index in [0.717, 1.165) is 0 Å². The predicted molar refractivity (Wildman–Crippen MR) is 104 cm³/mol. The standard InChI is InChI=1S/C18H32N2O6Si/c1-15(2,3)12(22)11-13(23)17(25,16(4,5)6)18(26-11,27-7)20-9-8-10(21)19-14(20)24/h8-9,11-13,22-23,25H,27H2,1-7H3,(H,19,21,24)/t11-,12?,13-,17+,18+/m1/s1. The molecule has 8 nitrogen and oxygen atoms in total. The Morgan fingerprint density at radius 3 is 2.22 bits per heavy atom. The van der Waals surface area contributed by atoms with Crippen molar-refractivity contribution in [2.45, 2.75) is 77.4 Å². The Hall–Kier alpha value is -1.26. The van der Waals surface area contributed by atoms with Crippen LogP contribution in [0.2, 0.25) is 6.55 Å². The average Bonchev–Trinajstić information content (AvgIpc) is 2.76. The zero-order valence-corrected chi connectivity index (χ0v) is 18.5. The van der Waals surface area contributed by atoms with Gasteiger partial charge in [0.2, 0.25) is 0 Å². The number of aromatic amines is 1. The number of aliphatic hydroxyl groups is 3. The molecule has 1 aliphatic rings. The molecule has 0 spiro atoms. The molecule has 9 heteroatoms. The van der Waals surface area contributed by atoms with Crippen LogP contribution in [0.4, 0.5) is 0 Å². The van der Waals surface area contributed by atoms with E-state index in [4.69, 9.17) is 4.74 Å². The maximum atomic E-state index is 12.6. The first-order valence-electron chi connectivity index (χ1n) is 9.22. The van der Waals surface area contributed by atoms with Crippen molar-refractivity contribution in [3.05, 3.63) is 33.1 Å². The molecule has 0 saturated carbocycles. The second-order valence-corrected chi connectivity index (χ2v) is 11.1. The highest BCUT2D eigenvalue weighted by molar-refractivity contribution is 6.37. The number of aliphatic hydroxyl groups excluding tert-OH is 2. The van der Waals surface area contributed by atoms with Gasteiger partial charge >= 0.3 is 5.69 Å². The third kappa shape index (κ3) is 3.15. The lowest BCUT2D eigenvalue weighted by Crippen LogP contribution is -2.68. The molecule has 1 saturated heterocycles. The van der Waals surface area contributed by atoms with E-state index in [2.05, 4.69) is 4.98 Å². The minimum absolute atomic E-state index is 0.562. The maximum Gasteiger partial charge on any atom is 0.330 e. The number of aromatic nitrogens is 2. The van der Waals surface area contributed by atoms with E-state index in [0.29, 0.717) is 0 Å². The fourth-order valence-electron chi connectivity index (χ4n) is 4.07. The van der Waals surface area contributed by atoms with Crippen LogP contribution >= 0.6 is 0 Å². The highest BCUT2D eigenvalue weighted by Gasteiger charge is 2.71. The third-order valence-corrected chi connectivity index (χ3v) is 7.70. The van der Waals surface area contributed by atoms with Gasteiger partial charge in [-0.2, -0.15) is 0 Å². The topological polar surface area (TPSA) is 125 Å². The van der Waals surface area contributed by atoms with Crippen molar-refractivity contribution in [2.24, 2.45) is 10.8 Å². The average molecular weight is 401 g/mol. The largest absolute Gasteiger partial charge is 0.390 e. The molecule has 1 aromatic rings. The van der Waals surface area contributed by atoms with Gasteiger partial charge in [0.05, 0.1) is 15.6 Å². The second kappa shape index (κ2) is 6.66. The van der Waals surface area contributed by atoms with Crippen LogP contribution in [0.15, 0.2) is 21.9 Å². The first kappa shape index (κ1) is 22.0. The van der Waals surface area contributed by atoms with Crippen molar-refractivity contribution in [1.82, 2.24) is 9.55 Å². The Labute approximate surface area is 161 Å². The summed E-state index contributed by atoms with van der Waals surface area (Å²) in [6.07, 6.45) is -2.33. The van der Waals surface area contributed by atoms with Gasteiger partial charge in [-0.1, -0.05) is 48.1 Å². The van der Waals surface area contributed by atoms with Crippen LogP contribution in [0.3, 0.4) is 0 Å². The molecule has 1 unspecified atom stereocenters. The number of ether oxygens (including phenoxy) is 1. The van der Waals surface area contributed by atoms with E-state index < -0.39 is 60.9 Å². The van der Waals surface area contributed by atoms with Crippen molar-refractivity contribution in [3.63, 3.8) is 0 Å². The Morgan fingerprint density at radius 2 is 1.81 bits per heavy atom. The summed E-state index contributed by atoms with van der Waals surface area (Å²) in [5, 5.41) is 32.3. The molecule has 4 N–H and O–H groups in total. The van der Waals surface area contributed by atoms with Gasteiger partial charge in [-0.25, -0.2) is 4.79 Å². The number of rotatable bonds is 3. The van der Waals surface area contributed by atoms with Gasteiger partial charge in [0.25, 0.3) is 5.56 Å². The van der Waals surface area contributed by atoms with Crippen molar-refractivity contribution < 1.29 is 20.1 Å². The van der Waals surface area contributed by atoms with Crippen LogP contribution in [-0.4, -0.2) is 58.3 Å². The summed E-state index contributed by atoms with van der Waals surface area (Å²) in [6, 6.07) is 1.18. The van der Waals surface area contributed by atoms with Gasteiger partial charge in [0.15, 0.2) is 5.35 Å². The molecule has 1 fully saturated rings. The summed E-state index contributed by atoms with van der Waals surface area (Å²) in [4.78, 5) is 26.3. The van der Waals surface area contributed by atoms with Crippen LogP contribution in [-0.2, 0) is 10.1 Å². The van der Waals surface area contributed by atoms with Gasteiger partial charge in [0, 0.05) is 12.3 Å². The molecule has 0 bridgehead atoms. The predicted octanol–water partition coefficient (Wildman–Crippen LogP) is -0.692. The SMILES string of the molecule is C[SiH2][C@@]1(n2ccc(=O)[nH]c2=O)O[C@H](C(O)C(C)(C)C)[C@@H](O)[C@]1(O)C(C)(C)C. The number of H-pyrrole nitrogens is 1. The highest BCUT2D eigenvalue weighted by atomic mass is 28.2. The van der Waals surface area contributed by atoms with Crippen LogP contribution in [0, 0.1) is 10.8 Å². The minimum atomic E-state index is -1.86. The zero-order chi connectivity index (χ0) is 21.0. The summed E-state index contributed by atoms with van der Waals surface area (Å²) in [5.74, 6) is 0. The summed E-state index contributed by atoms with van der Waals surface area (Å²) >= 11 is 0. The lowest BCUT2D eigenvalue weighted by Gasteiger charge is -2.49. The molecular formula is C18H32N2O6Si.